The molecule has 9 heteroatoms. The van der Waals surface area contributed by atoms with Gasteiger partial charge in [0.1, 0.15) is 12.6 Å². The highest BCUT2D eigenvalue weighted by Crippen LogP contribution is 2.44. The lowest BCUT2D eigenvalue weighted by atomic mass is 9.98. The fraction of sp³-hybridized carbons (Fsp3) is 0.423. The molecule has 2 aromatic carbocycles. The molecule has 3 N–H and O–H groups in total. The Morgan fingerprint density at radius 3 is 2.37 bits per heavy atom. The predicted molar refractivity (Wildman–Crippen MR) is 127 cm³/mol. The molecule has 9 nitrogen and oxygen atoms in total. The third kappa shape index (κ3) is 5.63. The van der Waals surface area contributed by atoms with Crippen LogP contribution in [-0.4, -0.2) is 68.2 Å². The van der Waals surface area contributed by atoms with Crippen LogP contribution in [0.5, 0.6) is 0 Å². The normalized spacial score (nSPS) is 19.5. The molecule has 0 saturated carbocycles. The third-order valence-corrected chi connectivity index (χ3v) is 6.45. The summed E-state index contributed by atoms with van der Waals surface area (Å²) < 4.78 is 16.0. The zero-order valence-corrected chi connectivity index (χ0v) is 19.6. The van der Waals surface area contributed by atoms with Crippen LogP contribution < -0.4 is 10.6 Å². The van der Waals surface area contributed by atoms with Gasteiger partial charge in [-0.2, -0.15) is 0 Å². The van der Waals surface area contributed by atoms with Crippen molar-refractivity contribution in [3.8, 4) is 11.1 Å². The number of rotatable bonds is 10. The minimum absolute atomic E-state index is 0.0736. The van der Waals surface area contributed by atoms with Crippen molar-refractivity contribution in [1.29, 1.82) is 0 Å². The van der Waals surface area contributed by atoms with E-state index < -0.39 is 36.2 Å². The van der Waals surface area contributed by atoms with E-state index in [1.807, 2.05) is 36.4 Å². The number of carboxylic acids is 1. The van der Waals surface area contributed by atoms with Crippen molar-refractivity contribution in [3.05, 3.63) is 59.7 Å². The fourth-order valence-corrected chi connectivity index (χ4v) is 4.73. The SMILES string of the molecule is COCCCC(NC(=O)C1OCCC1NC(=O)OCC1c2ccccc2-c2ccccc21)C(=O)O. The Balaban J connectivity index is 1.33. The second-order valence-electron chi connectivity index (χ2n) is 8.69. The zero-order valence-electron chi connectivity index (χ0n) is 19.6. The summed E-state index contributed by atoms with van der Waals surface area (Å²) in [6.07, 6.45) is -0.494. The Bertz CT molecular complexity index is 1030. The van der Waals surface area contributed by atoms with Crippen LogP contribution in [-0.2, 0) is 23.8 Å². The predicted octanol–water partition coefficient (Wildman–Crippen LogP) is 2.68. The Kier molecular flexibility index (Phi) is 7.99. The van der Waals surface area contributed by atoms with Crippen LogP contribution in [0.1, 0.15) is 36.3 Å². The van der Waals surface area contributed by atoms with E-state index in [4.69, 9.17) is 14.2 Å². The summed E-state index contributed by atoms with van der Waals surface area (Å²) in [5, 5.41) is 14.6. The Hall–Kier alpha value is -3.43. The number of fused-ring (bicyclic) bond motifs is 3. The number of methoxy groups -OCH3 is 1. The topological polar surface area (TPSA) is 123 Å². The second-order valence-corrected chi connectivity index (χ2v) is 8.69. The molecule has 2 aromatic rings. The van der Waals surface area contributed by atoms with Gasteiger partial charge in [0.05, 0.1) is 6.04 Å². The summed E-state index contributed by atoms with van der Waals surface area (Å²) in [5.41, 5.74) is 4.49. The largest absolute Gasteiger partial charge is 0.480 e. The highest BCUT2D eigenvalue weighted by Gasteiger charge is 2.37. The monoisotopic (exact) mass is 482 g/mol. The van der Waals surface area contributed by atoms with Gasteiger partial charge in [0.25, 0.3) is 5.91 Å². The number of aliphatic carboxylic acids is 1. The summed E-state index contributed by atoms with van der Waals surface area (Å²) in [6, 6.07) is 14.5. The van der Waals surface area contributed by atoms with E-state index in [1.165, 1.54) is 7.11 Å². The van der Waals surface area contributed by atoms with Crippen LogP contribution in [0.4, 0.5) is 4.79 Å². The van der Waals surface area contributed by atoms with Gasteiger partial charge in [-0.25, -0.2) is 9.59 Å². The minimum Gasteiger partial charge on any atom is -0.480 e. The van der Waals surface area contributed by atoms with Crippen molar-refractivity contribution in [3.63, 3.8) is 0 Å². The third-order valence-electron chi connectivity index (χ3n) is 6.45. The van der Waals surface area contributed by atoms with Crippen LogP contribution in [0.15, 0.2) is 48.5 Å². The summed E-state index contributed by atoms with van der Waals surface area (Å²) in [6.45, 7) is 0.824. The molecule has 0 radical (unpaired) electrons. The number of ether oxygens (including phenoxy) is 3. The van der Waals surface area contributed by atoms with Gasteiger partial charge in [0.15, 0.2) is 6.10 Å². The second kappa shape index (κ2) is 11.3. The molecule has 2 amide bonds. The lowest BCUT2D eigenvalue weighted by molar-refractivity contribution is -0.144. The average Bonchev–Trinajstić information content (AvgIpc) is 3.44. The molecule has 2 aliphatic rings. The average molecular weight is 483 g/mol. The summed E-state index contributed by atoms with van der Waals surface area (Å²) in [4.78, 5) is 36.8. The zero-order chi connectivity index (χ0) is 24.8. The van der Waals surface area contributed by atoms with Crippen molar-refractivity contribution in [2.24, 2.45) is 0 Å². The number of alkyl carbamates (subject to hydrolysis) is 1. The molecule has 0 aromatic heterocycles. The van der Waals surface area contributed by atoms with Crippen LogP contribution >= 0.6 is 0 Å². The molecule has 1 aliphatic carbocycles. The van der Waals surface area contributed by atoms with Crippen LogP contribution in [0, 0.1) is 0 Å². The maximum absolute atomic E-state index is 12.7. The first-order valence-corrected chi connectivity index (χ1v) is 11.7. The lowest BCUT2D eigenvalue weighted by Gasteiger charge is -2.22. The van der Waals surface area contributed by atoms with E-state index in [2.05, 4.69) is 22.8 Å². The molecular formula is C26H30N2O7. The minimum atomic E-state index is -1.13. The number of carboxylic acid groups (broad SMARTS) is 1. The summed E-state index contributed by atoms with van der Waals surface area (Å²) >= 11 is 0. The molecule has 0 spiro atoms. The van der Waals surface area contributed by atoms with E-state index in [9.17, 15) is 19.5 Å². The number of nitrogens with one attached hydrogen (secondary N) is 2. The molecule has 1 fully saturated rings. The molecule has 4 rings (SSSR count). The molecule has 1 saturated heterocycles. The molecule has 3 unspecified atom stereocenters. The van der Waals surface area contributed by atoms with Crippen LogP contribution in [0.2, 0.25) is 0 Å². The van der Waals surface area contributed by atoms with E-state index in [1.54, 1.807) is 0 Å². The van der Waals surface area contributed by atoms with E-state index >= 15 is 0 Å². The van der Waals surface area contributed by atoms with E-state index in [0.717, 1.165) is 22.3 Å². The van der Waals surface area contributed by atoms with Gasteiger partial charge >= 0.3 is 12.1 Å². The Morgan fingerprint density at radius 2 is 1.74 bits per heavy atom. The van der Waals surface area contributed by atoms with Crippen molar-refractivity contribution in [1.82, 2.24) is 10.6 Å². The van der Waals surface area contributed by atoms with Crippen LogP contribution in [0.25, 0.3) is 11.1 Å². The molecule has 1 heterocycles. The van der Waals surface area contributed by atoms with Gasteiger partial charge in [-0.3, -0.25) is 4.79 Å². The van der Waals surface area contributed by atoms with Crippen molar-refractivity contribution < 1.29 is 33.7 Å². The van der Waals surface area contributed by atoms with Gasteiger partial charge in [-0.05, 0) is 41.5 Å². The maximum atomic E-state index is 12.7. The Labute approximate surface area is 203 Å². The first-order valence-electron chi connectivity index (χ1n) is 11.7. The van der Waals surface area contributed by atoms with E-state index in [0.29, 0.717) is 19.4 Å². The van der Waals surface area contributed by atoms with Crippen molar-refractivity contribution >= 4 is 18.0 Å². The molecule has 35 heavy (non-hydrogen) atoms. The summed E-state index contributed by atoms with van der Waals surface area (Å²) in [5.74, 6) is -1.78. The number of hydrogen-bond acceptors (Lipinski definition) is 6. The standard InChI is InChI=1S/C26H30N2O7/c1-33-13-6-11-22(25(30)31)27-24(29)23-21(12-14-34-23)28-26(32)35-15-20-18-9-4-2-7-16(18)17-8-3-5-10-19(17)20/h2-5,7-10,20-23H,6,11-15H2,1H3,(H,27,29)(H,28,32)(H,30,31). The van der Waals surface area contributed by atoms with Crippen molar-refractivity contribution in [2.75, 3.05) is 26.9 Å². The molecule has 0 bridgehead atoms. The van der Waals surface area contributed by atoms with Gasteiger partial charge in [0, 0.05) is 26.2 Å². The number of benzene rings is 2. The number of carbonyl (C=O) groups excluding carboxylic acids is 2. The maximum Gasteiger partial charge on any atom is 0.407 e. The quantitative estimate of drug-likeness (QED) is 0.445. The lowest BCUT2D eigenvalue weighted by Crippen LogP contribution is -2.52. The molecule has 3 atom stereocenters. The first-order chi connectivity index (χ1) is 17.0. The first kappa shape index (κ1) is 24.7. The van der Waals surface area contributed by atoms with E-state index in [-0.39, 0.29) is 25.6 Å². The summed E-state index contributed by atoms with van der Waals surface area (Å²) in [7, 11) is 1.53. The fourth-order valence-electron chi connectivity index (χ4n) is 4.73. The smallest absolute Gasteiger partial charge is 0.407 e. The van der Waals surface area contributed by atoms with Crippen molar-refractivity contribution in [2.45, 2.75) is 43.4 Å². The molecular weight excluding hydrogens is 452 g/mol. The van der Waals surface area contributed by atoms with Gasteiger partial charge in [-0.1, -0.05) is 48.5 Å². The van der Waals surface area contributed by atoms with Gasteiger partial charge < -0.3 is 30.0 Å². The van der Waals surface area contributed by atoms with Gasteiger partial charge in [-0.15, -0.1) is 0 Å². The highest BCUT2D eigenvalue weighted by molar-refractivity contribution is 5.87. The highest BCUT2D eigenvalue weighted by atomic mass is 16.6. The number of hydrogen-bond donors (Lipinski definition) is 3. The molecule has 186 valence electrons. The molecule has 1 aliphatic heterocycles. The number of amides is 2. The van der Waals surface area contributed by atoms with Gasteiger partial charge in [0.2, 0.25) is 0 Å². The Morgan fingerprint density at radius 1 is 1.09 bits per heavy atom. The number of carbonyl (C=O) groups is 3. The van der Waals surface area contributed by atoms with Crippen LogP contribution in [0.3, 0.4) is 0 Å².